The molecule has 5 nitrogen and oxygen atoms in total. The van der Waals surface area contributed by atoms with Crippen LogP contribution in [0.15, 0.2) is 30.7 Å². The number of rotatable bonds is 2. The van der Waals surface area contributed by atoms with Gasteiger partial charge in [-0.2, -0.15) is 0 Å². The zero-order valence-corrected chi connectivity index (χ0v) is 15.2. The normalized spacial score (nSPS) is 19.8. The Balaban J connectivity index is 2.01. The molecule has 0 bridgehead atoms. The van der Waals surface area contributed by atoms with Gasteiger partial charge in [-0.1, -0.05) is 11.6 Å². The van der Waals surface area contributed by atoms with Crippen molar-refractivity contribution < 1.29 is 5.11 Å². The smallest absolute Gasteiger partial charge is 0.190 e. The van der Waals surface area contributed by atoms with Gasteiger partial charge in [-0.3, -0.25) is 4.98 Å². The monoisotopic (exact) mass is 366 g/mol. The van der Waals surface area contributed by atoms with Gasteiger partial charge in [0.05, 0.1) is 29.6 Å². The van der Waals surface area contributed by atoms with Crippen LogP contribution in [0, 0.1) is 13.5 Å². The number of anilines is 1. The van der Waals surface area contributed by atoms with E-state index in [2.05, 4.69) is 20.6 Å². The summed E-state index contributed by atoms with van der Waals surface area (Å²) in [5, 5.41) is 11.4. The molecule has 1 aliphatic carbocycles. The minimum atomic E-state index is -0.262. The number of nitrogens with two attached hydrogens (primary N) is 1. The van der Waals surface area contributed by atoms with Gasteiger partial charge in [0.1, 0.15) is 0 Å². The van der Waals surface area contributed by atoms with Crippen molar-refractivity contribution in [2.45, 2.75) is 38.3 Å². The minimum Gasteiger partial charge on any atom is -0.396 e. The van der Waals surface area contributed by atoms with Crippen molar-refractivity contribution in [3.8, 4) is 11.1 Å². The number of aromatic nitrogens is 2. The quantitative estimate of drug-likeness (QED) is 0.635. The van der Waals surface area contributed by atoms with Crippen LogP contribution in [0.5, 0.6) is 0 Å². The molecule has 0 saturated heterocycles. The summed E-state index contributed by atoms with van der Waals surface area (Å²) in [6.45, 7) is 9.38. The summed E-state index contributed by atoms with van der Waals surface area (Å²) in [5.41, 5.74) is 10.7. The zero-order valence-electron chi connectivity index (χ0n) is 14.4. The predicted molar refractivity (Wildman–Crippen MR) is 104 cm³/mol. The fraction of sp³-hybridized carbons (Fsp3) is 0.300. The van der Waals surface area contributed by atoms with Crippen molar-refractivity contribution in [3.63, 3.8) is 0 Å². The van der Waals surface area contributed by atoms with E-state index in [0.717, 1.165) is 46.9 Å². The number of nitrogens with zero attached hydrogens (tertiary/aromatic N) is 3. The van der Waals surface area contributed by atoms with Gasteiger partial charge in [-0.05, 0) is 49.3 Å². The Hall–Kier alpha value is -2.55. The van der Waals surface area contributed by atoms with Crippen molar-refractivity contribution in [3.05, 3.63) is 52.7 Å². The highest BCUT2D eigenvalue weighted by atomic mass is 35.5. The van der Waals surface area contributed by atoms with Crippen molar-refractivity contribution in [1.82, 2.24) is 9.55 Å². The molecule has 0 spiro atoms. The summed E-state index contributed by atoms with van der Waals surface area (Å²) in [6, 6.07) is 4.19. The van der Waals surface area contributed by atoms with Gasteiger partial charge in [0, 0.05) is 35.1 Å². The summed E-state index contributed by atoms with van der Waals surface area (Å²) < 4.78 is 2.21. The van der Waals surface area contributed by atoms with Crippen LogP contribution in [-0.4, -0.2) is 20.8 Å². The number of hydrogen-bond donors (Lipinski definition) is 2. The second kappa shape index (κ2) is 6.31. The maximum absolute atomic E-state index is 9.97. The summed E-state index contributed by atoms with van der Waals surface area (Å²) in [7, 11) is 0. The molecule has 2 atom stereocenters. The molecule has 26 heavy (non-hydrogen) atoms. The number of nitrogen functional groups attached to an aromatic ring is 1. The molecule has 1 saturated carbocycles. The highest BCUT2D eigenvalue weighted by Gasteiger charge is 2.27. The minimum absolute atomic E-state index is 0.229. The molecule has 2 heterocycles. The van der Waals surface area contributed by atoms with E-state index in [1.807, 2.05) is 19.1 Å². The van der Waals surface area contributed by atoms with Crippen LogP contribution in [0.4, 0.5) is 11.4 Å². The van der Waals surface area contributed by atoms with E-state index < -0.39 is 0 Å². The lowest BCUT2D eigenvalue weighted by Gasteiger charge is -2.14. The number of halogens is 1. The second-order valence-corrected chi connectivity index (χ2v) is 7.31. The Morgan fingerprint density at radius 2 is 2.12 bits per heavy atom. The SMILES string of the molecule is [C-]#[N+]c1cc2c(-c3cncc(N)c3Cl)cn([C@@H]3CC[C@H](O)C3)c2cc1C. The Morgan fingerprint density at radius 1 is 1.31 bits per heavy atom. The van der Waals surface area contributed by atoms with Crippen LogP contribution < -0.4 is 5.73 Å². The number of fused-ring (bicyclic) bond motifs is 1. The first-order chi connectivity index (χ1) is 12.5. The second-order valence-electron chi connectivity index (χ2n) is 6.93. The first-order valence-electron chi connectivity index (χ1n) is 8.59. The molecule has 1 aromatic carbocycles. The molecular formula is C20H19ClN4O. The van der Waals surface area contributed by atoms with Gasteiger partial charge in [0.25, 0.3) is 0 Å². The third-order valence-electron chi connectivity index (χ3n) is 5.24. The van der Waals surface area contributed by atoms with Crippen LogP contribution in [0.1, 0.15) is 30.9 Å². The predicted octanol–water partition coefficient (Wildman–Crippen LogP) is 4.88. The number of benzene rings is 1. The van der Waals surface area contributed by atoms with Gasteiger partial charge in [-0.25, -0.2) is 4.85 Å². The van der Waals surface area contributed by atoms with E-state index in [1.54, 1.807) is 6.20 Å². The van der Waals surface area contributed by atoms with Crippen LogP contribution >= 0.6 is 11.6 Å². The van der Waals surface area contributed by atoms with E-state index in [-0.39, 0.29) is 12.1 Å². The summed E-state index contributed by atoms with van der Waals surface area (Å²) in [5.74, 6) is 0. The van der Waals surface area contributed by atoms with E-state index >= 15 is 0 Å². The number of aliphatic hydroxyl groups is 1. The molecular weight excluding hydrogens is 348 g/mol. The molecule has 1 aliphatic rings. The molecule has 1 fully saturated rings. The maximum atomic E-state index is 9.97. The molecule has 132 valence electrons. The number of aliphatic hydroxyl groups excluding tert-OH is 1. The van der Waals surface area contributed by atoms with Gasteiger partial charge in [0.2, 0.25) is 0 Å². The zero-order chi connectivity index (χ0) is 18.4. The Bertz CT molecular complexity index is 1050. The summed E-state index contributed by atoms with van der Waals surface area (Å²) in [6.07, 6.45) is 7.50. The lowest BCUT2D eigenvalue weighted by Crippen LogP contribution is -2.06. The Labute approximate surface area is 156 Å². The Morgan fingerprint density at radius 3 is 2.81 bits per heavy atom. The largest absolute Gasteiger partial charge is 0.396 e. The van der Waals surface area contributed by atoms with Crippen molar-refractivity contribution >= 4 is 33.9 Å². The fourth-order valence-electron chi connectivity index (χ4n) is 3.86. The van der Waals surface area contributed by atoms with Gasteiger partial charge < -0.3 is 15.4 Å². The lowest BCUT2D eigenvalue weighted by atomic mass is 10.0. The maximum Gasteiger partial charge on any atom is 0.190 e. The topological polar surface area (TPSA) is 68.4 Å². The van der Waals surface area contributed by atoms with Crippen molar-refractivity contribution in [2.24, 2.45) is 0 Å². The highest BCUT2D eigenvalue weighted by Crippen LogP contribution is 2.42. The third kappa shape index (κ3) is 2.63. The molecule has 2 aromatic heterocycles. The van der Waals surface area contributed by atoms with E-state index in [0.29, 0.717) is 16.4 Å². The third-order valence-corrected chi connectivity index (χ3v) is 5.66. The molecule has 6 heteroatoms. The standard InChI is InChI=1S/C20H19ClN4O/c1-11-5-19-14(7-18(11)23-2)16(15-8-24-9-17(22)20(15)21)10-25(19)12-3-4-13(26)6-12/h5,7-10,12-13,26H,3-4,6,22H2,1H3/t12-,13+/m1/s1. The van der Waals surface area contributed by atoms with E-state index in [9.17, 15) is 5.11 Å². The molecule has 0 radical (unpaired) electrons. The Kier molecular flexibility index (Phi) is 4.10. The van der Waals surface area contributed by atoms with Crippen LogP contribution in [0.3, 0.4) is 0 Å². The fourth-order valence-corrected chi connectivity index (χ4v) is 4.06. The number of pyridine rings is 1. The number of hydrogen-bond acceptors (Lipinski definition) is 3. The summed E-state index contributed by atoms with van der Waals surface area (Å²) >= 11 is 6.45. The molecule has 0 aliphatic heterocycles. The summed E-state index contributed by atoms with van der Waals surface area (Å²) in [4.78, 5) is 7.83. The molecule has 3 aromatic rings. The van der Waals surface area contributed by atoms with Gasteiger partial charge >= 0.3 is 0 Å². The first kappa shape index (κ1) is 16.9. The first-order valence-corrected chi connectivity index (χ1v) is 8.97. The van der Waals surface area contributed by atoms with Crippen molar-refractivity contribution in [1.29, 1.82) is 0 Å². The highest BCUT2D eigenvalue weighted by molar-refractivity contribution is 6.36. The van der Waals surface area contributed by atoms with Crippen molar-refractivity contribution in [2.75, 3.05) is 5.73 Å². The van der Waals surface area contributed by atoms with E-state index in [1.165, 1.54) is 6.20 Å². The van der Waals surface area contributed by atoms with Crippen LogP contribution in [0.25, 0.3) is 26.9 Å². The molecule has 3 N–H and O–H groups in total. The number of aryl methyl sites for hydroxylation is 1. The average molecular weight is 367 g/mol. The van der Waals surface area contributed by atoms with Crippen LogP contribution in [0.2, 0.25) is 5.02 Å². The molecule has 0 unspecified atom stereocenters. The lowest BCUT2D eigenvalue weighted by molar-refractivity contribution is 0.178. The van der Waals surface area contributed by atoms with E-state index in [4.69, 9.17) is 23.9 Å². The molecule has 4 rings (SSSR count). The van der Waals surface area contributed by atoms with Gasteiger partial charge in [-0.15, -0.1) is 0 Å². The van der Waals surface area contributed by atoms with Crippen LogP contribution in [-0.2, 0) is 0 Å². The average Bonchev–Trinajstić information content (AvgIpc) is 3.20. The van der Waals surface area contributed by atoms with Gasteiger partial charge in [0.15, 0.2) is 5.69 Å². The molecule has 0 amide bonds.